The molecule has 0 bridgehead atoms. The van der Waals surface area contributed by atoms with Crippen molar-refractivity contribution in [1.82, 2.24) is 0 Å². The van der Waals surface area contributed by atoms with Gasteiger partial charge in [-0.3, -0.25) is 0 Å². The maximum Gasteiger partial charge on any atom is 0.00876 e. The van der Waals surface area contributed by atoms with E-state index in [9.17, 15) is 0 Å². The molecule has 28 heavy (non-hydrogen) atoms. The lowest BCUT2D eigenvalue weighted by molar-refractivity contribution is 0.669. The van der Waals surface area contributed by atoms with E-state index in [0.717, 1.165) is 0 Å². The van der Waals surface area contributed by atoms with Crippen LogP contribution < -0.4 is 0 Å². The predicted molar refractivity (Wildman–Crippen MR) is 139 cm³/mol. The van der Waals surface area contributed by atoms with Crippen molar-refractivity contribution in [2.24, 2.45) is 0 Å². The zero-order chi connectivity index (χ0) is 17.2. The van der Waals surface area contributed by atoms with Gasteiger partial charge in [0.05, 0.1) is 0 Å². The molecule has 1 aliphatic carbocycles. The number of hydrogen-bond donors (Lipinski definition) is 0. The molecule has 0 radical (unpaired) electrons. The molecule has 0 N–H and O–H groups in total. The Labute approximate surface area is 180 Å². The number of hydrogen-bond acceptors (Lipinski definition) is 0. The topological polar surface area (TPSA) is 0 Å². The second-order valence-corrected chi connectivity index (χ2v) is 5.92. The summed E-state index contributed by atoms with van der Waals surface area (Å²) in [6.07, 6.45) is 5.86. The minimum absolute atomic E-state index is 0. The molecule has 2 aromatic rings. The molecule has 0 spiro atoms. The van der Waals surface area contributed by atoms with Crippen LogP contribution in [-0.2, 0) is 0 Å². The molecule has 0 fully saturated rings. The van der Waals surface area contributed by atoms with E-state index in [2.05, 4.69) is 88.4 Å². The van der Waals surface area contributed by atoms with Crippen LogP contribution in [0.4, 0.5) is 0 Å². The first kappa shape index (κ1) is 37.0. The molecule has 0 heteroatoms. The molecular formula is C28H52. The summed E-state index contributed by atoms with van der Waals surface area (Å²) in [6.45, 7) is 12.7. The lowest BCUT2D eigenvalue weighted by Crippen LogP contribution is -2.10. The van der Waals surface area contributed by atoms with E-state index in [-0.39, 0.29) is 37.1 Å². The highest BCUT2D eigenvalue weighted by atomic mass is 14.3. The first-order chi connectivity index (χ1) is 11.2. The van der Waals surface area contributed by atoms with Gasteiger partial charge in [-0.25, -0.2) is 0 Å². The minimum atomic E-state index is 0. The number of aryl methyl sites for hydroxylation is 1. The van der Waals surface area contributed by atoms with Crippen LogP contribution in [0.2, 0.25) is 0 Å². The Morgan fingerprint density at radius 3 is 1.71 bits per heavy atom. The van der Waals surface area contributed by atoms with Gasteiger partial charge in [-0.2, -0.15) is 0 Å². The molecule has 2 atom stereocenters. The SMILES string of the molecule is C.C.C.C.C.CC.CCC.Cc1ccc(C2C=Cc3ccccc3C2C)cc1. The van der Waals surface area contributed by atoms with Gasteiger partial charge in [0.25, 0.3) is 0 Å². The summed E-state index contributed by atoms with van der Waals surface area (Å²) >= 11 is 0. The van der Waals surface area contributed by atoms with Crippen molar-refractivity contribution in [3.8, 4) is 0 Å². The third kappa shape index (κ3) is 9.93. The van der Waals surface area contributed by atoms with Crippen molar-refractivity contribution in [2.45, 2.75) is 96.9 Å². The van der Waals surface area contributed by atoms with E-state index in [1.165, 1.54) is 28.7 Å². The standard InChI is InChI=1S/C18H18.C3H8.C2H6.5CH4/c1-13-7-9-16(10-8-13)18-12-11-15-5-3-4-6-17(15)14(18)2;1-3-2;1-2;;;;;/h3-12,14,18H,1-2H3;3H2,1-2H3;1-2H3;5*1H4. The van der Waals surface area contributed by atoms with Gasteiger partial charge in [0, 0.05) is 5.92 Å². The van der Waals surface area contributed by atoms with Gasteiger partial charge in [0.1, 0.15) is 0 Å². The molecule has 3 rings (SSSR count). The fraction of sp³-hybridized carbons (Fsp3) is 0.500. The molecule has 0 saturated heterocycles. The molecule has 0 amide bonds. The number of benzene rings is 2. The highest BCUT2D eigenvalue weighted by molar-refractivity contribution is 5.60. The van der Waals surface area contributed by atoms with Crippen molar-refractivity contribution in [1.29, 1.82) is 0 Å². The van der Waals surface area contributed by atoms with Gasteiger partial charge in [-0.05, 0) is 29.5 Å². The van der Waals surface area contributed by atoms with Crippen LogP contribution in [-0.4, -0.2) is 0 Å². The molecule has 0 heterocycles. The fourth-order valence-electron chi connectivity index (χ4n) is 2.83. The Bertz CT molecular complexity index is 590. The Morgan fingerprint density at radius 1 is 0.750 bits per heavy atom. The molecule has 0 nitrogen and oxygen atoms in total. The zero-order valence-corrected chi connectivity index (χ0v) is 15.6. The second-order valence-electron chi connectivity index (χ2n) is 5.92. The highest BCUT2D eigenvalue weighted by Crippen LogP contribution is 2.39. The molecule has 2 aromatic carbocycles. The van der Waals surface area contributed by atoms with E-state index < -0.39 is 0 Å². The van der Waals surface area contributed by atoms with Crippen LogP contribution in [0.3, 0.4) is 0 Å². The molecule has 2 unspecified atom stereocenters. The summed E-state index contributed by atoms with van der Waals surface area (Å²) in [7, 11) is 0. The Hall–Kier alpha value is -1.82. The van der Waals surface area contributed by atoms with Crippen LogP contribution in [0.1, 0.15) is 112 Å². The molecular weight excluding hydrogens is 336 g/mol. The van der Waals surface area contributed by atoms with Crippen LogP contribution in [0.5, 0.6) is 0 Å². The van der Waals surface area contributed by atoms with Crippen molar-refractivity contribution in [3.63, 3.8) is 0 Å². The van der Waals surface area contributed by atoms with Crippen LogP contribution in [0.15, 0.2) is 54.6 Å². The molecule has 0 saturated carbocycles. The molecule has 1 aliphatic rings. The summed E-state index contributed by atoms with van der Waals surface area (Å²) in [4.78, 5) is 0. The third-order valence-electron chi connectivity index (χ3n) is 3.97. The molecule has 0 aliphatic heterocycles. The van der Waals surface area contributed by atoms with Gasteiger partial charge < -0.3 is 0 Å². The van der Waals surface area contributed by atoms with E-state index in [1.54, 1.807) is 0 Å². The largest absolute Gasteiger partial charge is 0.0776 e. The monoisotopic (exact) mass is 388 g/mol. The summed E-state index contributed by atoms with van der Waals surface area (Å²) in [5.74, 6) is 1.05. The Kier molecular flexibility index (Phi) is 26.3. The smallest absolute Gasteiger partial charge is 0.00876 e. The van der Waals surface area contributed by atoms with Crippen LogP contribution in [0.25, 0.3) is 6.08 Å². The maximum atomic E-state index is 2.34. The average Bonchev–Trinajstić information content (AvgIpc) is 2.59. The Balaban J connectivity index is -0.000000162. The second kappa shape index (κ2) is 19.9. The van der Waals surface area contributed by atoms with Crippen molar-refractivity contribution in [3.05, 3.63) is 76.9 Å². The van der Waals surface area contributed by atoms with E-state index in [1.807, 2.05) is 13.8 Å². The van der Waals surface area contributed by atoms with Gasteiger partial charge in [0.2, 0.25) is 0 Å². The first-order valence-electron chi connectivity index (χ1n) is 9.01. The van der Waals surface area contributed by atoms with E-state index in [4.69, 9.17) is 0 Å². The van der Waals surface area contributed by atoms with Gasteiger partial charge in [0.15, 0.2) is 0 Å². The summed E-state index contributed by atoms with van der Waals surface area (Å²) < 4.78 is 0. The Morgan fingerprint density at radius 2 is 1.21 bits per heavy atom. The van der Waals surface area contributed by atoms with E-state index >= 15 is 0 Å². The van der Waals surface area contributed by atoms with Gasteiger partial charge in [-0.15, -0.1) is 0 Å². The van der Waals surface area contributed by atoms with Crippen LogP contribution >= 0.6 is 0 Å². The summed E-state index contributed by atoms with van der Waals surface area (Å²) in [5.41, 5.74) is 5.57. The normalized spacial score (nSPS) is 14.8. The molecule has 164 valence electrons. The lowest BCUT2D eigenvalue weighted by Gasteiger charge is -2.27. The minimum Gasteiger partial charge on any atom is -0.0776 e. The van der Waals surface area contributed by atoms with Crippen molar-refractivity contribution < 1.29 is 0 Å². The van der Waals surface area contributed by atoms with Gasteiger partial charge >= 0.3 is 0 Å². The van der Waals surface area contributed by atoms with E-state index in [0.29, 0.717) is 11.8 Å². The van der Waals surface area contributed by atoms with Crippen molar-refractivity contribution in [2.75, 3.05) is 0 Å². The predicted octanol–water partition coefficient (Wildman–Crippen LogP) is 10.5. The lowest BCUT2D eigenvalue weighted by atomic mass is 9.77. The quantitative estimate of drug-likeness (QED) is 0.455. The summed E-state index contributed by atoms with van der Waals surface area (Å²) in [5, 5.41) is 0. The first-order valence-corrected chi connectivity index (χ1v) is 9.01. The van der Waals surface area contributed by atoms with Crippen molar-refractivity contribution >= 4 is 6.08 Å². The summed E-state index contributed by atoms with van der Waals surface area (Å²) in [6, 6.07) is 17.6. The third-order valence-corrected chi connectivity index (χ3v) is 3.97. The highest BCUT2D eigenvalue weighted by Gasteiger charge is 2.23. The number of rotatable bonds is 1. The number of fused-ring (bicyclic) bond motifs is 1. The number of allylic oxidation sites excluding steroid dienone is 1. The van der Waals surface area contributed by atoms with Gasteiger partial charge in [-0.1, -0.05) is 144 Å². The fourth-order valence-corrected chi connectivity index (χ4v) is 2.83. The molecule has 0 aromatic heterocycles. The zero-order valence-electron chi connectivity index (χ0n) is 15.6. The maximum absolute atomic E-state index is 2.34. The average molecular weight is 389 g/mol. The van der Waals surface area contributed by atoms with Crippen LogP contribution in [0, 0.1) is 6.92 Å².